The molecule has 94 valence electrons. The van der Waals surface area contributed by atoms with Gasteiger partial charge in [-0.05, 0) is 51.0 Å². The normalized spacial score (nSPS) is 39.4. The summed E-state index contributed by atoms with van der Waals surface area (Å²) in [6.45, 7) is 6.69. The van der Waals surface area contributed by atoms with Crippen LogP contribution < -0.4 is 5.32 Å². The highest BCUT2D eigenvalue weighted by molar-refractivity contribution is 4.96. The minimum Gasteiger partial charge on any atom is -0.375 e. The summed E-state index contributed by atoms with van der Waals surface area (Å²) >= 11 is 0. The summed E-state index contributed by atoms with van der Waals surface area (Å²) in [7, 11) is 0. The molecule has 1 spiro atoms. The van der Waals surface area contributed by atoms with Gasteiger partial charge in [0.05, 0.1) is 5.60 Å². The van der Waals surface area contributed by atoms with E-state index in [9.17, 15) is 0 Å². The fraction of sp³-hybridized carbons (Fsp3) is 1.00. The molecule has 0 aromatic carbocycles. The van der Waals surface area contributed by atoms with E-state index in [0.717, 1.165) is 19.1 Å². The van der Waals surface area contributed by atoms with Crippen molar-refractivity contribution in [2.24, 2.45) is 5.92 Å². The fourth-order valence-electron chi connectivity index (χ4n) is 3.41. The van der Waals surface area contributed by atoms with Gasteiger partial charge < -0.3 is 10.1 Å². The number of rotatable bonds is 4. The van der Waals surface area contributed by atoms with Gasteiger partial charge in [0.15, 0.2) is 0 Å². The largest absolute Gasteiger partial charge is 0.375 e. The van der Waals surface area contributed by atoms with Crippen LogP contribution in [0.4, 0.5) is 0 Å². The first kappa shape index (κ1) is 12.4. The quantitative estimate of drug-likeness (QED) is 0.794. The predicted octanol–water partition coefficient (Wildman–Crippen LogP) is 3.11. The molecule has 1 heterocycles. The summed E-state index contributed by atoms with van der Waals surface area (Å²) in [5.74, 6) is 0.921. The van der Waals surface area contributed by atoms with Gasteiger partial charge in [0.1, 0.15) is 0 Å². The van der Waals surface area contributed by atoms with Crippen LogP contribution in [0.25, 0.3) is 0 Å². The van der Waals surface area contributed by atoms with Crippen molar-refractivity contribution in [3.63, 3.8) is 0 Å². The Morgan fingerprint density at radius 3 is 2.81 bits per heavy atom. The van der Waals surface area contributed by atoms with Crippen LogP contribution in [0.2, 0.25) is 0 Å². The Bertz CT molecular complexity index is 219. The molecule has 1 N–H and O–H groups in total. The van der Waals surface area contributed by atoms with E-state index in [4.69, 9.17) is 4.74 Å². The van der Waals surface area contributed by atoms with Gasteiger partial charge in [-0.2, -0.15) is 0 Å². The van der Waals surface area contributed by atoms with E-state index in [2.05, 4.69) is 19.2 Å². The van der Waals surface area contributed by atoms with Crippen LogP contribution in [0.1, 0.15) is 58.8 Å². The average Bonchev–Trinajstić information content (AvgIpc) is 2.70. The van der Waals surface area contributed by atoms with Crippen LogP contribution in [0.3, 0.4) is 0 Å². The lowest BCUT2D eigenvalue weighted by Crippen LogP contribution is -2.46. The molecule has 0 aromatic heterocycles. The highest BCUT2D eigenvalue weighted by atomic mass is 16.5. The molecule has 1 aliphatic carbocycles. The second-order valence-electron chi connectivity index (χ2n) is 5.69. The molecule has 1 aliphatic heterocycles. The molecular formula is C14H27NO. The number of nitrogens with one attached hydrogen (secondary N) is 1. The maximum Gasteiger partial charge on any atom is 0.0700 e. The Balaban J connectivity index is 1.86. The third-order valence-corrected chi connectivity index (χ3v) is 4.42. The topological polar surface area (TPSA) is 21.3 Å². The molecule has 1 saturated carbocycles. The zero-order valence-corrected chi connectivity index (χ0v) is 10.9. The van der Waals surface area contributed by atoms with Crippen molar-refractivity contribution in [3.05, 3.63) is 0 Å². The predicted molar refractivity (Wildman–Crippen MR) is 67.6 cm³/mol. The van der Waals surface area contributed by atoms with Gasteiger partial charge in [0.25, 0.3) is 0 Å². The molecule has 16 heavy (non-hydrogen) atoms. The van der Waals surface area contributed by atoms with Crippen molar-refractivity contribution in [2.45, 2.75) is 70.4 Å². The molecule has 2 rings (SSSR count). The zero-order chi connectivity index (χ0) is 11.4. The lowest BCUT2D eigenvalue weighted by atomic mass is 9.87. The van der Waals surface area contributed by atoms with Gasteiger partial charge in [-0.3, -0.25) is 0 Å². The Hall–Kier alpha value is -0.0800. The molecule has 2 nitrogen and oxygen atoms in total. The molecule has 1 saturated heterocycles. The Morgan fingerprint density at radius 2 is 2.12 bits per heavy atom. The van der Waals surface area contributed by atoms with E-state index in [1.54, 1.807) is 0 Å². The van der Waals surface area contributed by atoms with Gasteiger partial charge >= 0.3 is 0 Å². The standard InChI is InChI=1S/C14H27NO/c1-3-8-15-13-6-9-16-14(11-13)7-5-12(4-2)10-14/h12-13,15H,3-11H2,1-2H3. The first-order valence-electron chi connectivity index (χ1n) is 7.15. The van der Waals surface area contributed by atoms with E-state index >= 15 is 0 Å². The number of hydrogen-bond donors (Lipinski definition) is 1. The average molecular weight is 225 g/mol. The van der Waals surface area contributed by atoms with Crippen LogP contribution in [-0.4, -0.2) is 24.8 Å². The van der Waals surface area contributed by atoms with Crippen LogP contribution in [0.5, 0.6) is 0 Å². The summed E-state index contributed by atoms with van der Waals surface area (Å²) in [6.07, 6.45) is 9.03. The molecule has 2 heteroatoms. The lowest BCUT2D eigenvalue weighted by molar-refractivity contribution is -0.0859. The van der Waals surface area contributed by atoms with E-state index < -0.39 is 0 Å². The maximum absolute atomic E-state index is 6.13. The molecule has 0 bridgehead atoms. The highest BCUT2D eigenvalue weighted by Crippen LogP contribution is 2.44. The molecule has 0 amide bonds. The molecule has 0 aromatic rings. The van der Waals surface area contributed by atoms with Crippen LogP contribution in [0, 0.1) is 5.92 Å². The van der Waals surface area contributed by atoms with Crippen molar-refractivity contribution in [3.8, 4) is 0 Å². The molecule has 2 aliphatic rings. The third kappa shape index (κ3) is 2.78. The summed E-state index contributed by atoms with van der Waals surface area (Å²) < 4.78 is 6.13. The molecular weight excluding hydrogens is 198 g/mol. The van der Waals surface area contributed by atoms with Crippen molar-refractivity contribution >= 4 is 0 Å². The third-order valence-electron chi connectivity index (χ3n) is 4.42. The number of ether oxygens (including phenoxy) is 1. The Kier molecular flexibility index (Phi) is 4.26. The lowest BCUT2D eigenvalue weighted by Gasteiger charge is -2.39. The fourth-order valence-corrected chi connectivity index (χ4v) is 3.41. The van der Waals surface area contributed by atoms with Crippen LogP contribution in [0.15, 0.2) is 0 Å². The first-order chi connectivity index (χ1) is 7.78. The molecule has 0 radical (unpaired) electrons. The van der Waals surface area contributed by atoms with Crippen molar-refractivity contribution in [2.75, 3.05) is 13.2 Å². The second-order valence-corrected chi connectivity index (χ2v) is 5.69. The van der Waals surface area contributed by atoms with Crippen molar-refractivity contribution in [1.82, 2.24) is 5.32 Å². The van der Waals surface area contributed by atoms with Gasteiger partial charge in [-0.1, -0.05) is 20.3 Å². The van der Waals surface area contributed by atoms with E-state index in [0.29, 0.717) is 6.04 Å². The summed E-state index contributed by atoms with van der Waals surface area (Å²) in [6, 6.07) is 0.712. The summed E-state index contributed by atoms with van der Waals surface area (Å²) in [4.78, 5) is 0. The van der Waals surface area contributed by atoms with Crippen molar-refractivity contribution in [1.29, 1.82) is 0 Å². The highest BCUT2D eigenvalue weighted by Gasteiger charge is 2.42. The first-order valence-corrected chi connectivity index (χ1v) is 7.15. The van der Waals surface area contributed by atoms with Gasteiger partial charge in [-0.25, -0.2) is 0 Å². The Labute approximate surface area is 100 Å². The molecule has 3 atom stereocenters. The maximum atomic E-state index is 6.13. The van der Waals surface area contributed by atoms with E-state index in [1.807, 2.05) is 0 Å². The summed E-state index contributed by atoms with van der Waals surface area (Å²) in [5, 5.41) is 3.68. The van der Waals surface area contributed by atoms with Gasteiger partial charge in [0.2, 0.25) is 0 Å². The van der Waals surface area contributed by atoms with Crippen LogP contribution in [-0.2, 0) is 4.74 Å². The molecule has 3 unspecified atom stereocenters. The second kappa shape index (κ2) is 5.50. The molecule has 2 fully saturated rings. The SMILES string of the molecule is CCCNC1CCOC2(CCC(CC)C2)C1. The number of hydrogen-bond acceptors (Lipinski definition) is 2. The summed E-state index contributed by atoms with van der Waals surface area (Å²) in [5.41, 5.74) is 0.254. The van der Waals surface area contributed by atoms with E-state index in [1.165, 1.54) is 44.9 Å². The van der Waals surface area contributed by atoms with Gasteiger partial charge in [0, 0.05) is 12.6 Å². The van der Waals surface area contributed by atoms with E-state index in [-0.39, 0.29) is 5.60 Å². The Morgan fingerprint density at radius 1 is 1.25 bits per heavy atom. The smallest absolute Gasteiger partial charge is 0.0700 e. The minimum absolute atomic E-state index is 0.254. The van der Waals surface area contributed by atoms with Gasteiger partial charge in [-0.15, -0.1) is 0 Å². The minimum atomic E-state index is 0.254. The van der Waals surface area contributed by atoms with Crippen molar-refractivity contribution < 1.29 is 4.74 Å². The zero-order valence-electron chi connectivity index (χ0n) is 10.9. The van der Waals surface area contributed by atoms with Crippen LogP contribution >= 0.6 is 0 Å². The monoisotopic (exact) mass is 225 g/mol.